The minimum atomic E-state index is -0.381. The van der Waals surface area contributed by atoms with E-state index < -0.39 is 0 Å². The number of benzene rings is 1. The van der Waals surface area contributed by atoms with Gasteiger partial charge in [-0.15, -0.1) is 0 Å². The van der Waals surface area contributed by atoms with Gasteiger partial charge in [0, 0.05) is 25.3 Å². The van der Waals surface area contributed by atoms with Gasteiger partial charge < -0.3 is 14.4 Å². The molecule has 3 aliphatic rings. The van der Waals surface area contributed by atoms with Crippen molar-refractivity contribution >= 4 is 11.9 Å². The van der Waals surface area contributed by atoms with Crippen molar-refractivity contribution in [2.24, 2.45) is 11.8 Å². The van der Waals surface area contributed by atoms with Crippen LogP contribution >= 0.6 is 0 Å². The second-order valence-electron chi connectivity index (χ2n) is 7.22. The van der Waals surface area contributed by atoms with Gasteiger partial charge in [-0.25, -0.2) is 0 Å². The van der Waals surface area contributed by atoms with Crippen LogP contribution in [0.1, 0.15) is 24.8 Å². The van der Waals surface area contributed by atoms with Gasteiger partial charge in [-0.1, -0.05) is 42.5 Å². The third-order valence-electron chi connectivity index (χ3n) is 5.80. The Morgan fingerprint density at radius 1 is 1.36 bits per heavy atom. The average molecular weight is 341 g/mol. The smallest absolute Gasteiger partial charge is 0.305 e. The highest BCUT2D eigenvalue weighted by atomic mass is 16.5. The first-order chi connectivity index (χ1) is 12.1. The summed E-state index contributed by atoms with van der Waals surface area (Å²) in [6.45, 7) is 1.20. The van der Waals surface area contributed by atoms with Crippen LogP contribution in [0, 0.1) is 11.8 Å². The standard InChI is InChI=1S/C20H23NO4/c1-24-19(23)8-7-15-16-11-18(22)21(12-14-5-3-2-4-6-14)13-20(16)10-9-17(15)25-20/h2-6,9-10,15-17H,7-8,11-13H2,1H3/t15-,16-,17-,20-/m1/s1. The largest absolute Gasteiger partial charge is 0.469 e. The first-order valence-electron chi connectivity index (χ1n) is 8.87. The molecule has 2 fully saturated rings. The minimum Gasteiger partial charge on any atom is -0.469 e. The van der Waals surface area contributed by atoms with Crippen molar-refractivity contribution in [1.82, 2.24) is 4.90 Å². The van der Waals surface area contributed by atoms with Crippen LogP contribution in [0.2, 0.25) is 0 Å². The van der Waals surface area contributed by atoms with Crippen molar-refractivity contribution in [3.63, 3.8) is 0 Å². The Hall–Kier alpha value is -2.14. The number of hydrogen-bond acceptors (Lipinski definition) is 4. The van der Waals surface area contributed by atoms with E-state index in [9.17, 15) is 9.59 Å². The van der Waals surface area contributed by atoms with Crippen molar-refractivity contribution < 1.29 is 19.1 Å². The first-order valence-corrected chi connectivity index (χ1v) is 8.87. The molecule has 4 rings (SSSR count). The van der Waals surface area contributed by atoms with Crippen molar-refractivity contribution in [1.29, 1.82) is 0 Å². The van der Waals surface area contributed by atoms with Crippen LogP contribution in [0.3, 0.4) is 0 Å². The summed E-state index contributed by atoms with van der Waals surface area (Å²) in [6, 6.07) is 10.0. The lowest BCUT2D eigenvalue weighted by Crippen LogP contribution is -2.54. The Morgan fingerprint density at radius 3 is 2.92 bits per heavy atom. The molecule has 0 saturated carbocycles. The number of carbonyl (C=O) groups is 2. The molecule has 1 aromatic rings. The topological polar surface area (TPSA) is 55.8 Å². The van der Waals surface area contributed by atoms with Crippen LogP contribution in [0.25, 0.3) is 0 Å². The van der Waals surface area contributed by atoms with Crippen molar-refractivity contribution in [3.8, 4) is 0 Å². The Labute approximate surface area is 147 Å². The number of rotatable bonds is 5. The number of esters is 1. The summed E-state index contributed by atoms with van der Waals surface area (Å²) in [4.78, 5) is 26.1. The molecule has 0 aromatic heterocycles. The lowest BCUT2D eigenvalue weighted by molar-refractivity contribution is -0.144. The molecular formula is C20H23NO4. The molecule has 25 heavy (non-hydrogen) atoms. The fraction of sp³-hybridized carbons (Fsp3) is 0.500. The predicted molar refractivity (Wildman–Crippen MR) is 91.5 cm³/mol. The lowest BCUT2D eigenvalue weighted by atomic mass is 9.70. The van der Waals surface area contributed by atoms with E-state index in [0.29, 0.717) is 32.4 Å². The van der Waals surface area contributed by atoms with Crippen molar-refractivity contribution in [3.05, 3.63) is 48.0 Å². The van der Waals surface area contributed by atoms with E-state index in [1.807, 2.05) is 35.2 Å². The van der Waals surface area contributed by atoms with Gasteiger partial charge >= 0.3 is 5.97 Å². The van der Waals surface area contributed by atoms with Crippen LogP contribution < -0.4 is 0 Å². The molecule has 2 bridgehead atoms. The Bertz CT molecular complexity index is 701. The number of fused-ring (bicyclic) bond motifs is 1. The summed E-state index contributed by atoms with van der Waals surface area (Å²) in [5.74, 6) is 0.347. The van der Waals surface area contributed by atoms with Crippen LogP contribution in [-0.2, 0) is 25.6 Å². The number of amides is 1. The highest BCUT2D eigenvalue weighted by Crippen LogP contribution is 2.52. The molecule has 1 aromatic carbocycles. The Kier molecular flexibility index (Phi) is 4.12. The molecule has 2 saturated heterocycles. The number of hydrogen-bond donors (Lipinski definition) is 0. The number of ether oxygens (including phenoxy) is 2. The molecule has 3 aliphatic heterocycles. The van der Waals surface area contributed by atoms with E-state index in [-0.39, 0.29) is 35.4 Å². The van der Waals surface area contributed by atoms with Crippen molar-refractivity contribution in [2.75, 3.05) is 13.7 Å². The summed E-state index contributed by atoms with van der Waals surface area (Å²) < 4.78 is 11.1. The molecule has 0 unspecified atom stereocenters. The van der Waals surface area contributed by atoms with Gasteiger partial charge in [-0.3, -0.25) is 9.59 Å². The molecular weight excluding hydrogens is 318 g/mol. The zero-order chi connectivity index (χ0) is 17.4. The number of piperidine rings is 1. The zero-order valence-corrected chi connectivity index (χ0v) is 14.4. The number of carbonyl (C=O) groups excluding carboxylic acids is 2. The molecule has 132 valence electrons. The molecule has 3 heterocycles. The highest BCUT2D eigenvalue weighted by Gasteiger charge is 2.59. The second kappa shape index (κ2) is 6.30. The molecule has 0 radical (unpaired) electrons. The van der Waals surface area contributed by atoms with Crippen LogP contribution in [0.5, 0.6) is 0 Å². The third kappa shape index (κ3) is 2.86. The summed E-state index contributed by atoms with van der Waals surface area (Å²) >= 11 is 0. The van der Waals surface area contributed by atoms with Gasteiger partial charge in [0.25, 0.3) is 0 Å². The van der Waals surface area contributed by atoms with E-state index in [1.165, 1.54) is 7.11 Å². The fourth-order valence-electron chi connectivity index (χ4n) is 4.56. The number of likely N-dealkylation sites (tertiary alicyclic amines) is 1. The maximum Gasteiger partial charge on any atom is 0.305 e. The number of nitrogens with zero attached hydrogens (tertiary/aromatic N) is 1. The second-order valence-corrected chi connectivity index (χ2v) is 7.22. The zero-order valence-electron chi connectivity index (χ0n) is 14.4. The van der Waals surface area contributed by atoms with E-state index in [4.69, 9.17) is 9.47 Å². The van der Waals surface area contributed by atoms with E-state index in [0.717, 1.165) is 5.56 Å². The Morgan fingerprint density at radius 2 is 2.16 bits per heavy atom. The normalized spacial score (nSPS) is 32.8. The minimum absolute atomic E-state index is 0.0131. The monoisotopic (exact) mass is 341 g/mol. The average Bonchev–Trinajstić information content (AvgIpc) is 3.16. The molecule has 5 heteroatoms. The Balaban J connectivity index is 1.49. The molecule has 5 nitrogen and oxygen atoms in total. The SMILES string of the molecule is COC(=O)CC[C@@H]1[C@H]2CC(=O)N(Cc3ccccc3)C[C@]23C=C[C@H]1O3. The maximum absolute atomic E-state index is 12.7. The molecule has 1 spiro atoms. The quantitative estimate of drug-likeness (QED) is 0.609. The van der Waals surface area contributed by atoms with E-state index >= 15 is 0 Å². The third-order valence-corrected chi connectivity index (χ3v) is 5.80. The van der Waals surface area contributed by atoms with Gasteiger partial charge in [0.15, 0.2) is 0 Å². The van der Waals surface area contributed by atoms with Gasteiger partial charge in [-0.2, -0.15) is 0 Å². The fourth-order valence-corrected chi connectivity index (χ4v) is 4.56. The molecule has 0 aliphatic carbocycles. The summed E-state index contributed by atoms with van der Waals surface area (Å²) in [5.41, 5.74) is 0.748. The predicted octanol–water partition coefficient (Wildman–Crippen LogP) is 2.31. The first kappa shape index (κ1) is 16.3. The van der Waals surface area contributed by atoms with Crippen LogP contribution in [-0.4, -0.2) is 42.1 Å². The molecule has 0 N–H and O–H groups in total. The van der Waals surface area contributed by atoms with Crippen molar-refractivity contribution in [2.45, 2.75) is 37.5 Å². The summed E-state index contributed by atoms with van der Waals surface area (Å²) in [6.07, 6.45) is 5.83. The van der Waals surface area contributed by atoms with Crippen LogP contribution in [0.4, 0.5) is 0 Å². The molecule has 4 atom stereocenters. The van der Waals surface area contributed by atoms with E-state index in [2.05, 4.69) is 12.2 Å². The van der Waals surface area contributed by atoms with Gasteiger partial charge in [0.2, 0.25) is 5.91 Å². The number of methoxy groups -OCH3 is 1. The van der Waals surface area contributed by atoms with E-state index in [1.54, 1.807) is 0 Å². The molecule has 1 amide bonds. The van der Waals surface area contributed by atoms with Crippen LogP contribution in [0.15, 0.2) is 42.5 Å². The lowest BCUT2D eigenvalue weighted by Gasteiger charge is -2.43. The van der Waals surface area contributed by atoms with Gasteiger partial charge in [0.05, 0.1) is 19.8 Å². The van der Waals surface area contributed by atoms with Gasteiger partial charge in [-0.05, 0) is 17.9 Å². The highest BCUT2D eigenvalue weighted by molar-refractivity contribution is 5.78. The summed E-state index contributed by atoms with van der Waals surface area (Å²) in [7, 11) is 1.41. The maximum atomic E-state index is 12.7. The van der Waals surface area contributed by atoms with Gasteiger partial charge in [0.1, 0.15) is 5.60 Å². The summed E-state index contributed by atoms with van der Waals surface area (Å²) in [5, 5.41) is 0.